The van der Waals surface area contributed by atoms with Crippen LogP contribution < -0.4 is 0 Å². The Morgan fingerprint density at radius 1 is 1.03 bits per heavy atom. The molecule has 1 fully saturated rings. The lowest BCUT2D eigenvalue weighted by molar-refractivity contribution is -0.137. The molecule has 0 radical (unpaired) electrons. The lowest BCUT2D eigenvalue weighted by Crippen LogP contribution is -2.30. The third-order valence-corrected chi connectivity index (χ3v) is 6.67. The molecule has 29 heavy (non-hydrogen) atoms. The van der Waals surface area contributed by atoms with E-state index >= 15 is 0 Å². The number of unbranched alkanes of at least 4 members (excludes halogenated alkanes) is 5. The van der Waals surface area contributed by atoms with Crippen molar-refractivity contribution in [3.05, 3.63) is 12.2 Å². The van der Waals surface area contributed by atoms with Crippen LogP contribution in [-0.2, 0) is 9.53 Å². The first-order chi connectivity index (χ1) is 13.8. The minimum absolute atomic E-state index is 0.0615. The van der Waals surface area contributed by atoms with Crippen LogP contribution in [0, 0.1) is 11.8 Å². The number of hydrogen-bond acceptors (Lipinski definition) is 4. The minimum atomic E-state index is -0.764. The standard InChI is InChI=1S/C24H44O5/c1-4-5-6-9-12-16-24(2,29-3)17-15-20-19(21(25)18-22(20)26)13-10-7-8-11-14-23(27)28/h7,10,19-22,25-26H,4-6,8-9,11-18H2,1-3H3,(H,27,28)/b10-7-/t19-,20-,21?,22-,24?/m1/s1. The summed E-state index contributed by atoms with van der Waals surface area (Å²) in [6.45, 7) is 4.39. The highest BCUT2D eigenvalue weighted by Gasteiger charge is 2.41. The highest BCUT2D eigenvalue weighted by molar-refractivity contribution is 5.66. The molecule has 1 aliphatic rings. The largest absolute Gasteiger partial charge is 0.481 e. The zero-order valence-corrected chi connectivity index (χ0v) is 18.8. The van der Waals surface area contributed by atoms with E-state index in [0.29, 0.717) is 12.8 Å². The molecule has 3 N–H and O–H groups in total. The molecule has 0 aromatic carbocycles. The summed E-state index contributed by atoms with van der Waals surface area (Å²) in [7, 11) is 1.78. The van der Waals surface area contributed by atoms with E-state index in [1.807, 2.05) is 12.2 Å². The van der Waals surface area contributed by atoms with Gasteiger partial charge in [-0.3, -0.25) is 4.79 Å². The maximum absolute atomic E-state index is 10.6. The minimum Gasteiger partial charge on any atom is -0.481 e. The quantitative estimate of drug-likeness (QED) is 0.243. The Hall–Kier alpha value is -0.910. The smallest absolute Gasteiger partial charge is 0.303 e. The third-order valence-electron chi connectivity index (χ3n) is 6.67. The number of rotatable bonds is 16. The summed E-state index contributed by atoms with van der Waals surface area (Å²) >= 11 is 0. The summed E-state index contributed by atoms with van der Waals surface area (Å²) in [5, 5.41) is 29.6. The van der Waals surface area contributed by atoms with Gasteiger partial charge in [0.1, 0.15) is 0 Å². The van der Waals surface area contributed by atoms with Crippen molar-refractivity contribution < 1.29 is 24.9 Å². The summed E-state index contributed by atoms with van der Waals surface area (Å²) in [5.74, 6) is -0.617. The summed E-state index contributed by atoms with van der Waals surface area (Å²) in [5.41, 5.74) is -0.170. The summed E-state index contributed by atoms with van der Waals surface area (Å²) in [6.07, 6.45) is 14.9. The average molecular weight is 413 g/mol. The third kappa shape index (κ3) is 10.1. The lowest BCUT2D eigenvalue weighted by atomic mass is 9.82. The van der Waals surface area contributed by atoms with E-state index in [1.165, 1.54) is 32.1 Å². The lowest BCUT2D eigenvalue weighted by Gasteiger charge is -2.31. The Kier molecular flexibility index (Phi) is 12.8. The zero-order valence-electron chi connectivity index (χ0n) is 18.8. The molecule has 0 heterocycles. The number of carboxylic acid groups (broad SMARTS) is 1. The van der Waals surface area contributed by atoms with Crippen LogP contribution in [0.2, 0.25) is 0 Å². The van der Waals surface area contributed by atoms with Crippen LogP contribution in [0.15, 0.2) is 12.2 Å². The predicted octanol–water partition coefficient (Wildman–Crippen LogP) is 5.09. The molecule has 1 aliphatic carbocycles. The van der Waals surface area contributed by atoms with Gasteiger partial charge in [0.25, 0.3) is 0 Å². The van der Waals surface area contributed by atoms with Crippen molar-refractivity contribution in [3.8, 4) is 0 Å². The van der Waals surface area contributed by atoms with Gasteiger partial charge in [0.2, 0.25) is 0 Å². The summed E-state index contributed by atoms with van der Waals surface area (Å²) < 4.78 is 5.84. The van der Waals surface area contributed by atoms with E-state index in [2.05, 4.69) is 13.8 Å². The summed E-state index contributed by atoms with van der Waals surface area (Å²) in [6, 6.07) is 0. The molecule has 170 valence electrons. The maximum atomic E-state index is 10.6. The molecule has 0 bridgehead atoms. The van der Waals surface area contributed by atoms with Gasteiger partial charge in [-0.2, -0.15) is 0 Å². The SMILES string of the molecule is CCCCCCCC(C)(CC[C@H]1[C@H](O)CC(O)[C@@H]1C/C=C\CCCC(=O)O)OC. The Morgan fingerprint density at radius 2 is 1.72 bits per heavy atom. The van der Waals surface area contributed by atoms with E-state index < -0.39 is 18.2 Å². The van der Waals surface area contributed by atoms with Gasteiger partial charge in [-0.15, -0.1) is 0 Å². The normalized spacial score (nSPS) is 26.8. The van der Waals surface area contributed by atoms with Crippen molar-refractivity contribution in [2.75, 3.05) is 7.11 Å². The first-order valence-electron chi connectivity index (χ1n) is 11.6. The molecule has 2 unspecified atom stereocenters. The first-order valence-corrected chi connectivity index (χ1v) is 11.6. The van der Waals surface area contributed by atoms with Crippen LogP contribution in [0.25, 0.3) is 0 Å². The fourth-order valence-electron chi connectivity index (χ4n) is 4.55. The molecule has 0 saturated heterocycles. The van der Waals surface area contributed by atoms with E-state index in [0.717, 1.165) is 32.1 Å². The molecule has 5 heteroatoms. The number of aliphatic hydroxyl groups excluding tert-OH is 2. The van der Waals surface area contributed by atoms with E-state index in [1.54, 1.807) is 7.11 Å². The molecule has 0 aromatic rings. The van der Waals surface area contributed by atoms with Crippen molar-refractivity contribution in [1.82, 2.24) is 0 Å². The second-order valence-electron chi connectivity index (χ2n) is 9.05. The molecule has 0 aromatic heterocycles. The van der Waals surface area contributed by atoms with Gasteiger partial charge < -0.3 is 20.1 Å². The number of methoxy groups -OCH3 is 1. The molecular weight excluding hydrogens is 368 g/mol. The molecule has 5 nitrogen and oxygen atoms in total. The number of carboxylic acids is 1. The van der Waals surface area contributed by atoms with Gasteiger partial charge >= 0.3 is 5.97 Å². The molecular formula is C24H44O5. The fourth-order valence-corrected chi connectivity index (χ4v) is 4.55. The van der Waals surface area contributed by atoms with Crippen LogP contribution in [-0.4, -0.2) is 46.2 Å². The van der Waals surface area contributed by atoms with Crippen LogP contribution in [0.3, 0.4) is 0 Å². The number of ether oxygens (including phenoxy) is 1. The van der Waals surface area contributed by atoms with Gasteiger partial charge in [0.05, 0.1) is 17.8 Å². The fraction of sp³-hybridized carbons (Fsp3) is 0.875. The second kappa shape index (κ2) is 14.2. The van der Waals surface area contributed by atoms with Gasteiger partial charge in [0, 0.05) is 13.5 Å². The topological polar surface area (TPSA) is 87.0 Å². The summed E-state index contributed by atoms with van der Waals surface area (Å²) in [4.78, 5) is 10.6. The first kappa shape index (κ1) is 26.1. The van der Waals surface area contributed by atoms with Crippen LogP contribution >= 0.6 is 0 Å². The number of hydrogen-bond donors (Lipinski definition) is 3. The van der Waals surface area contributed by atoms with Gasteiger partial charge in [-0.05, 0) is 63.7 Å². The average Bonchev–Trinajstić information content (AvgIpc) is 2.95. The molecule has 0 aliphatic heterocycles. The highest BCUT2D eigenvalue weighted by atomic mass is 16.5. The van der Waals surface area contributed by atoms with Crippen molar-refractivity contribution in [2.24, 2.45) is 11.8 Å². The van der Waals surface area contributed by atoms with Gasteiger partial charge in [-0.1, -0.05) is 51.2 Å². The van der Waals surface area contributed by atoms with E-state index in [-0.39, 0.29) is 23.9 Å². The van der Waals surface area contributed by atoms with Crippen LogP contribution in [0.4, 0.5) is 0 Å². The zero-order chi connectivity index (χ0) is 21.7. The number of aliphatic carboxylic acids is 1. The molecule has 5 atom stereocenters. The molecule has 1 saturated carbocycles. The number of allylic oxidation sites excluding steroid dienone is 2. The second-order valence-corrected chi connectivity index (χ2v) is 9.05. The molecule has 0 spiro atoms. The van der Waals surface area contributed by atoms with Crippen molar-refractivity contribution >= 4 is 5.97 Å². The van der Waals surface area contributed by atoms with E-state index in [9.17, 15) is 15.0 Å². The molecule has 1 rings (SSSR count). The Bertz CT molecular complexity index is 478. The Morgan fingerprint density at radius 3 is 2.38 bits per heavy atom. The van der Waals surface area contributed by atoms with Crippen molar-refractivity contribution in [3.63, 3.8) is 0 Å². The van der Waals surface area contributed by atoms with Crippen molar-refractivity contribution in [1.29, 1.82) is 0 Å². The Balaban J connectivity index is 2.48. The molecule has 0 amide bonds. The van der Waals surface area contributed by atoms with Gasteiger partial charge in [0.15, 0.2) is 0 Å². The Labute approximate surface area is 177 Å². The van der Waals surface area contributed by atoms with Crippen LogP contribution in [0.1, 0.15) is 97.3 Å². The highest BCUT2D eigenvalue weighted by Crippen LogP contribution is 2.40. The predicted molar refractivity (Wildman–Crippen MR) is 117 cm³/mol. The number of aliphatic hydroxyl groups is 2. The van der Waals surface area contributed by atoms with E-state index in [4.69, 9.17) is 9.84 Å². The van der Waals surface area contributed by atoms with Crippen LogP contribution in [0.5, 0.6) is 0 Å². The van der Waals surface area contributed by atoms with Gasteiger partial charge in [-0.25, -0.2) is 0 Å². The number of carbonyl (C=O) groups is 1. The monoisotopic (exact) mass is 412 g/mol. The maximum Gasteiger partial charge on any atom is 0.303 e. The van der Waals surface area contributed by atoms with Crippen molar-refractivity contribution in [2.45, 2.75) is 115 Å².